The highest BCUT2D eigenvalue weighted by atomic mass is 35.5. The third-order valence-electron chi connectivity index (χ3n) is 3.32. The van der Waals surface area contributed by atoms with Crippen molar-refractivity contribution in [2.24, 2.45) is 0 Å². The molecule has 0 radical (unpaired) electrons. The van der Waals surface area contributed by atoms with Crippen molar-refractivity contribution < 1.29 is 14.0 Å². The van der Waals surface area contributed by atoms with Crippen molar-refractivity contribution in [1.82, 2.24) is 0 Å². The Morgan fingerprint density at radius 1 is 1.21 bits per heavy atom. The Balaban J connectivity index is 2.09. The van der Waals surface area contributed by atoms with Gasteiger partial charge in [0.05, 0.1) is 21.2 Å². The Bertz CT molecular complexity index is 846. The van der Waals surface area contributed by atoms with Crippen LogP contribution in [0.3, 0.4) is 0 Å². The predicted molar refractivity (Wildman–Crippen MR) is 97.9 cm³/mol. The van der Waals surface area contributed by atoms with E-state index in [1.807, 2.05) is 31.4 Å². The summed E-state index contributed by atoms with van der Waals surface area (Å²) in [6, 6.07) is 7.47. The topological polar surface area (TPSA) is 37.4 Å². The fourth-order valence-electron chi connectivity index (χ4n) is 2.35. The van der Waals surface area contributed by atoms with Crippen LogP contribution in [0.2, 0.25) is 5.02 Å². The SMILES string of the molecule is CC(C)SC1=C(c2cccs2)C(=O)N(c2ccc(F)c(Cl)c2)C1=O. The van der Waals surface area contributed by atoms with Gasteiger partial charge in [-0.15, -0.1) is 23.1 Å². The molecule has 1 aromatic heterocycles. The largest absolute Gasteiger partial charge is 0.272 e. The number of nitrogens with zero attached hydrogens (tertiary/aromatic N) is 1. The second-order valence-corrected chi connectivity index (χ2v) is 8.33. The Morgan fingerprint density at radius 2 is 1.96 bits per heavy atom. The van der Waals surface area contributed by atoms with Gasteiger partial charge in [0.25, 0.3) is 11.8 Å². The molecule has 0 unspecified atom stereocenters. The van der Waals surface area contributed by atoms with Crippen molar-refractivity contribution in [3.63, 3.8) is 0 Å². The minimum absolute atomic E-state index is 0.129. The Kier molecular flexibility index (Phi) is 4.80. The number of thiophene rings is 1. The molecule has 2 aromatic rings. The third-order valence-corrected chi connectivity index (χ3v) is 5.59. The molecule has 124 valence electrons. The lowest BCUT2D eigenvalue weighted by Crippen LogP contribution is -2.31. The second-order valence-electron chi connectivity index (χ2n) is 5.39. The maximum Gasteiger partial charge on any atom is 0.272 e. The molecule has 2 amide bonds. The van der Waals surface area contributed by atoms with E-state index in [0.717, 1.165) is 15.8 Å². The first-order valence-electron chi connectivity index (χ1n) is 7.18. The summed E-state index contributed by atoms with van der Waals surface area (Å²) in [4.78, 5) is 28.0. The van der Waals surface area contributed by atoms with Crippen molar-refractivity contribution in [1.29, 1.82) is 0 Å². The maximum atomic E-state index is 13.4. The average molecular weight is 382 g/mol. The molecule has 0 saturated carbocycles. The molecule has 0 saturated heterocycles. The quantitative estimate of drug-likeness (QED) is 0.702. The van der Waals surface area contributed by atoms with Crippen LogP contribution in [-0.2, 0) is 9.59 Å². The normalized spacial score (nSPS) is 15.1. The van der Waals surface area contributed by atoms with E-state index >= 15 is 0 Å². The highest BCUT2D eigenvalue weighted by Gasteiger charge is 2.41. The predicted octanol–water partition coefficient (Wildman–Crippen LogP) is 4.97. The fraction of sp³-hybridized carbons (Fsp3) is 0.176. The van der Waals surface area contributed by atoms with Gasteiger partial charge in [-0.3, -0.25) is 9.59 Å². The number of carbonyl (C=O) groups is 2. The van der Waals surface area contributed by atoms with E-state index in [0.29, 0.717) is 10.5 Å². The van der Waals surface area contributed by atoms with Crippen molar-refractivity contribution >= 4 is 57.8 Å². The van der Waals surface area contributed by atoms with Crippen LogP contribution in [0.15, 0.2) is 40.6 Å². The first-order chi connectivity index (χ1) is 11.4. The van der Waals surface area contributed by atoms with Gasteiger partial charge in [0.2, 0.25) is 0 Å². The zero-order valence-electron chi connectivity index (χ0n) is 12.9. The molecule has 0 atom stereocenters. The summed E-state index contributed by atoms with van der Waals surface area (Å²) < 4.78 is 13.4. The summed E-state index contributed by atoms with van der Waals surface area (Å²) in [5.74, 6) is -1.40. The number of benzene rings is 1. The smallest absolute Gasteiger partial charge is 0.268 e. The molecular weight excluding hydrogens is 369 g/mol. The summed E-state index contributed by atoms with van der Waals surface area (Å²) >= 11 is 8.56. The van der Waals surface area contributed by atoms with Gasteiger partial charge >= 0.3 is 0 Å². The van der Waals surface area contributed by atoms with Gasteiger partial charge in [0.15, 0.2) is 0 Å². The number of amides is 2. The van der Waals surface area contributed by atoms with E-state index in [2.05, 4.69) is 0 Å². The Hall–Kier alpha value is -1.63. The number of halogens is 2. The number of imide groups is 1. The van der Waals surface area contributed by atoms with Gasteiger partial charge in [-0.25, -0.2) is 9.29 Å². The van der Waals surface area contributed by atoms with E-state index in [-0.39, 0.29) is 16.0 Å². The first kappa shape index (κ1) is 17.2. The molecule has 0 aliphatic carbocycles. The van der Waals surface area contributed by atoms with E-state index in [4.69, 9.17) is 11.6 Å². The van der Waals surface area contributed by atoms with Crippen LogP contribution < -0.4 is 4.90 Å². The van der Waals surface area contributed by atoms with Crippen molar-refractivity contribution in [3.8, 4) is 0 Å². The van der Waals surface area contributed by atoms with E-state index in [9.17, 15) is 14.0 Å². The average Bonchev–Trinajstić information content (AvgIpc) is 3.10. The monoisotopic (exact) mass is 381 g/mol. The number of rotatable bonds is 4. The van der Waals surface area contributed by atoms with Gasteiger partial charge in [-0.05, 0) is 29.6 Å². The molecule has 0 N–H and O–H groups in total. The molecule has 0 spiro atoms. The third kappa shape index (κ3) is 3.01. The fourth-order valence-corrected chi connectivity index (χ4v) is 4.34. The molecule has 1 aromatic carbocycles. The van der Waals surface area contributed by atoms with Gasteiger partial charge in [-0.1, -0.05) is 31.5 Å². The lowest BCUT2D eigenvalue weighted by atomic mass is 10.2. The maximum absolute atomic E-state index is 13.4. The molecule has 24 heavy (non-hydrogen) atoms. The second kappa shape index (κ2) is 6.70. The number of hydrogen-bond acceptors (Lipinski definition) is 4. The van der Waals surface area contributed by atoms with Gasteiger partial charge in [0.1, 0.15) is 5.82 Å². The van der Waals surface area contributed by atoms with Gasteiger partial charge in [-0.2, -0.15) is 0 Å². The molecule has 1 aliphatic heterocycles. The van der Waals surface area contributed by atoms with Crippen LogP contribution >= 0.6 is 34.7 Å². The summed E-state index contributed by atoms with van der Waals surface area (Å²) in [6.07, 6.45) is 0. The van der Waals surface area contributed by atoms with Gasteiger partial charge in [0, 0.05) is 10.1 Å². The minimum atomic E-state index is -0.595. The standard InChI is InChI=1S/C17H13ClFNO2S2/c1-9(2)24-15-14(13-4-3-7-23-13)16(21)20(17(15)22)10-5-6-12(19)11(18)8-10/h3-9H,1-2H3. The van der Waals surface area contributed by atoms with E-state index < -0.39 is 17.6 Å². The lowest BCUT2D eigenvalue weighted by Gasteiger charge is -2.15. The molecule has 3 rings (SSSR count). The van der Waals surface area contributed by atoms with Crippen molar-refractivity contribution in [2.45, 2.75) is 19.1 Å². The summed E-state index contributed by atoms with van der Waals surface area (Å²) in [5, 5.41) is 1.87. The van der Waals surface area contributed by atoms with Crippen LogP contribution in [0, 0.1) is 5.82 Å². The highest BCUT2D eigenvalue weighted by molar-refractivity contribution is 8.04. The van der Waals surface area contributed by atoms with Crippen LogP contribution in [0.1, 0.15) is 18.7 Å². The number of thioether (sulfide) groups is 1. The minimum Gasteiger partial charge on any atom is -0.268 e. The van der Waals surface area contributed by atoms with Crippen LogP contribution in [-0.4, -0.2) is 17.1 Å². The molecule has 0 fully saturated rings. The van der Waals surface area contributed by atoms with Crippen LogP contribution in [0.25, 0.3) is 5.57 Å². The molecular formula is C17H13ClFNO2S2. The Morgan fingerprint density at radius 3 is 2.54 bits per heavy atom. The van der Waals surface area contributed by atoms with E-state index in [1.54, 1.807) is 0 Å². The zero-order valence-corrected chi connectivity index (χ0v) is 15.3. The summed E-state index contributed by atoms with van der Waals surface area (Å²) in [5.41, 5.74) is 0.666. The zero-order chi connectivity index (χ0) is 17.4. The molecule has 0 bridgehead atoms. The number of carbonyl (C=O) groups excluding carboxylic acids is 2. The summed E-state index contributed by atoms with van der Waals surface area (Å²) in [6.45, 7) is 3.91. The Labute approximate surface area is 152 Å². The number of hydrogen-bond donors (Lipinski definition) is 0. The van der Waals surface area contributed by atoms with Crippen LogP contribution in [0.5, 0.6) is 0 Å². The van der Waals surface area contributed by atoms with Crippen molar-refractivity contribution in [3.05, 3.63) is 56.3 Å². The molecule has 7 heteroatoms. The highest BCUT2D eigenvalue weighted by Crippen LogP contribution is 2.41. The lowest BCUT2D eigenvalue weighted by molar-refractivity contribution is -0.119. The molecule has 1 aliphatic rings. The van der Waals surface area contributed by atoms with Crippen molar-refractivity contribution in [2.75, 3.05) is 4.90 Å². The molecule has 2 heterocycles. The molecule has 3 nitrogen and oxygen atoms in total. The summed E-state index contributed by atoms with van der Waals surface area (Å²) in [7, 11) is 0. The number of anilines is 1. The first-order valence-corrected chi connectivity index (χ1v) is 9.32. The van der Waals surface area contributed by atoms with Crippen LogP contribution in [0.4, 0.5) is 10.1 Å². The van der Waals surface area contributed by atoms with E-state index in [1.165, 1.54) is 35.2 Å². The van der Waals surface area contributed by atoms with Gasteiger partial charge < -0.3 is 0 Å².